The van der Waals surface area contributed by atoms with E-state index in [-0.39, 0.29) is 22.4 Å². The van der Waals surface area contributed by atoms with Crippen LogP contribution in [0.3, 0.4) is 0 Å². The van der Waals surface area contributed by atoms with Crippen molar-refractivity contribution in [2.75, 3.05) is 25.4 Å². The number of hydrogen-bond donors (Lipinski definition) is 5. The molecule has 1 aromatic heterocycles. The highest BCUT2D eigenvalue weighted by atomic mass is 32.2. The number of carboxylic acid groups (broad SMARTS) is 1. The monoisotopic (exact) mass is 608 g/mol. The van der Waals surface area contributed by atoms with E-state index < -0.39 is 41.8 Å². The predicted octanol–water partition coefficient (Wildman–Crippen LogP) is -0.0405. The fourth-order valence-electron chi connectivity index (χ4n) is 4.06. The van der Waals surface area contributed by atoms with Crippen molar-refractivity contribution >= 4 is 63.7 Å². The molecule has 4 aliphatic heterocycles. The van der Waals surface area contributed by atoms with Crippen molar-refractivity contribution in [3.05, 3.63) is 63.6 Å². The van der Waals surface area contributed by atoms with Crippen molar-refractivity contribution in [2.24, 2.45) is 10.9 Å². The molecule has 210 valence electrons. The predicted molar refractivity (Wildman–Crippen MR) is 146 cm³/mol. The molecule has 5 heterocycles. The number of nitrogen functional groups attached to an aromatic ring is 1. The standard InChI is InChI=1S/C21H21FN10O5S3/c1-30-6-10(23)32-12(30)3-2-11(27-32)38-5-4-9-7-39-19-14(18(34)31(19)15(9)20(35)36)25-17(33)13(28-37-8-22)16-26-21(24)40-29-16/h2-6,14,19,27H,7-8,23H2,1H3,(H,25,33)(H,35,36)(H2,24,26,29)/b5-4+,28-13-/t14-,19+/m1/s1. The largest absolute Gasteiger partial charge is 0.477 e. The van der Waals surface area contributed by atoms with Crippen LogP contribution < -0.4 is 22.2 Å². The Hall–Kier alpha value is -4.23. The summed E-state index contributed by atoms with van der Waals surface area (Å²) >= 11 is 3.37. The van der Waals surface area contributed by atoms with Gasteiger partial charge in [0.1, 0.15) is 28.8 Å². The van der Waals surface area contributed by atoms with Gasteiger partial charge in [0.2, 0.25) is 11.5 Å². The molecule has 0 aromatic carbocycles. The van der Waals surface area contributed by atoms with Crippen LogP contribution >= 0.6 is 35.1 Å². The Morgan fingerprint density at radius 3 is 2.92 bits per heavy atom. The number of nitrogens with two attached hydrogens (primary N) is 2. The summed E-state index contributed by atoms with van der Waals surface area (Å²) in [6, 6.07) is -1.06. The molecule has 0 spiro atoms. The molecule has 0 saturated carbocycles. The van der Waals surface area contributed by atoms with Crippen molar-refractivity contribution in [1.82, 2.24) is 34.9 Å². The van der Waals surface area contributed by atoms with Crippen LogP contribution in [0.25, 0.3) is 0 Å². The number of thioether (sulfide) groups is 2. The molecule has 7 N–H and O–H groups in total. The van der Waals surface area contributed by atoms with Crippen LogP contribution in [-0.2, 0) is 19.2 Å². The Bertz CT molecular complexity index is 1450. The van der Waals surface area contributed by atoms with Crippen LogP contribution in [0.5, 0.6) is 0 Å². The molecule has 4 aliphatic rings. The number of halogens is 1. The van der Waals surface area contributed by atoms with E-state index >= 15 is 0 Å². The number of nitrogens with one attached hydrogen (secondary N) is 2. The number of hydrazine groups is 1. The molecule has 0 radical (unpaired) electrons. The van der Waals surface area contributed by atoms with Gasteiger partial charge in [-0.25, -0.2) is 14.2 Å². The van der Waals surface area contributed by atoms with E-state index in [1.165, 1.54) is 23.5 Å². The van der Waals surface area contributed by atoms with Crippen LogP contribution in [-0.4, -0.2) is 83.8 Å². The first-order chi connectivity index (χ1) is 19.2. The molecule has 2 atom stereocenters. The number of anilines is 1. The number of amides is 2. The average molecular weight is 609 g/mol. The van der Waals surface area contributed by atoms with Gasteiger partial charge in [-0.15, -0.1) is 11.8 Å². The van der Waals surface area contributed by atoms with E-state index in [9.17, 15) is 23.9 Å². The number of carboxylic acids is 1. The molecule has 2 amide bonds. The molecule has 1 aromatic rings. The zero-order chi connectivity index (χ0) is 28.6. The van der Waals surface area contributed by atoms with Crippen molar-refractivity contribution in [1.29, 1.82) is 0 Å². The van der Waals surface area contributed by atoms with Gasteiger partial charge >= 0.3 is 5.97 Å². The van der Waals surface area contributed by atoms with Crippen LogP contribution in [0.1, 0.15) is 5.82 Å². The van der Waals surface area contributed by atoms with E-state index in [0.717, 1.165) is 27.3 Å². The minimum Gasteiger partial charge on any atom is -0.477 e. The lowest BCUT2D eigenvalue weighted by Gasteiger charge is -2.49. The summed E-state index contributed by atoms with van der Waals surface area (Å²) in [6.45, 7) is -1.31. The van der Waals surface area contributed by atoms with Gasteiger partial charge in [-0.05, 0) is 29.2 Å². The maximum Gasteiger partial charge on any atom is 0.352 e. The summed E-state index contributed by atoms with van der Waals surface area (Å²) in [6.07, 6.45) is 7.15. The van der Waals surface area contributed by atoms with Crippen LogP contribution in [0.15, 0.2) is 62.9 Å². The van der Waals surface area contributed by atoms with Gasteiger partial charge in [0.05, 0.1) is 5.03 Å². The number of fused-ring (bicyclic) bond motifs is 2. The van der Waals surface area contributed by atoms with E-state index in [2.05, 4.69) is 30.1 Å². The summed E-state index contributed by atoms with van der Waals surface area (Å²) in [7, 11) is 1.87. The van der Waals surface area contributed by atoms with Crippen molar-refractivity contribution < 1.29 is 28.7 Å². The normalized spacial score (nSPS) is 22.2. The molecule has 1 saturated heterocycles. The third-order valence-corrected chi connectivity index (χ3v) is 8.40. The van der Waals surface area contributed by atoms with E-state index in [1.54, 1.807) is 22.7 Å². The molecule has 19 heteroatoms. The third kappa shape index (κ3) is 5.05. The average Bonchev–Trinajstić information content (AvgIpc) is 3.48. The number of hydrogen-bond acceptors (Lipinski definition) is 15. The van der Waals surface area contributed by atoms with Gasteiger partial charge in [0.15, 0.2) is 5.13 Å². The fraction of sp³-hybridized carbons (Fsp3) is 0.238. The molecule has 15 nitrogen and oxygen atoms in total. The number of rotatable bonds is 9. The summed E-state index contributed by atoms with van der Waals surface area (Å²) in [5, 5.41) is 19.3. The zero-order valence-electron chi connectivity index (χ0n) is 20.5. The highest BCUT2D eigenvalue weighted by Gasteiger charge is 2.54. The summed E-state index contributed by atoms with van der Waals surface area (Å²) < 4.78 is 16.4. The number of alkyl halides is 1. The molecule has 5 rings (SSSR count). The third-order valence-electron chi connectivity index (χ3n) is 5.80. The van der Waals surface area contributed by atoms with Gasteiger partial charge < -0.3 is 31.6 Å². The molecule has 0 bridgehead atoms. The summed E-state index contributed by atoms with van der Waals surface area (Å²) in [5.74, 6) is -1.38. The lowest BCUT2D eigenvalue weighted by atomic mass is 10.0. The number of carbonyl (C=O) groups is 3. The number of oxime groups is 1. The molecular formula is C21H21FN10O5S3. The first-order valence-electron chi connectivity index (χ1n) is 11.3. The second-order valence-electron chi connectivity index (χ2n) is 8.26. The minimum absolute atomic E-state index is 0.0425. The number of carbonyl (C=O) groups excluding carboxylic acids is 2. The molecule has 40 heavy (non-hydrogen) atoms. The Labute approximate surface area is 238 Å². The number of allylic oxidation sites excluding steroid dienone is 3. The van der Waals surface area contributed by atoms with Gasteiger partial charge in [-0.3, -0.25) is 19.9 Å². The van der Waals surface area contributed by atoms with E-state index in [0.29, 0.717) is 11.4 Å². The zero-order valence-corrected chi connectivity index (χ0v) is 22.9. The van der Waals surface area contributed by atoms with E-state index in [4.69, 9.17) is 11.5 Å². The molecule has 1 fully saturated rings. The van der Waals surface area contributed by atoms with Gasteiger partial charge in [0, 0.05) is 30.5 Å². The lowest BCUT2D eigenvalue weighted by molar-refractivity contribution is -0.150. The summed E-state index contributed by atoms with van der Waals surface area (Å²) in [5.41, 5.74) is 14.5. The first-order valence-corrected chi connectivity index (χ1v) is 14.0. The minimum atomic E-state index is -1.31. The second-order valence-corrected chi connectivity index (χ2v) is 11.1. The van der Waals surface area contributed by atoms with Crippen LogP contribution in [0, 0.1) is 0 Å². The fourth-order valence-corrected chi connectivity index (χ4v) is 6.49. The number of β-lactam (4-membered cyclic amide) rings is 1. The van der Waals surface area contributed by atoms with Gasteiger partial charge in [0.25, 0.3) is 18.7 Å². The Morgan fingerprint density at radius 2 is 2.23 bits per heavy atom. The molecule has 0 unspecified atom stereocenters. The van der Waals surface area contributed by atoms with Crippen molar-refractivity contribution in [2.45, 2.75) is 11.4 Å². The quantitative estimate of drug-likeness (QED) is 0.142. The highest BCUT2D eigenvalue weighted by Crippen LogP contribution is 2.41. The smallest absolute Gasteiger partial charge is 0.352 e. The van der Waals surface area contributed by atoms with E-state index in [1.807, 2.05) is 24.1 Å². The number of aliphatic carboxylic acids is 1. The van der Waals surface area contributed by atoms with Crippen LogP contribution in [0.4, 0.5) is 9.52 Å². The Morgan fingerprint density at radius 1 is 1.43 bits per heavy atom. The summed E-state index contributed by atoms with van der Waals surface area (Å²) in [4.78, 5) is 49.2. The number of aromatic nitrogens is 2. The Balaban J connectivity index is 1.27. The van der Waals surface area contributed by atoms with Crippen LogP contribution in [0.2, 0.25) is 0 Å². The maximum absolute atomic E-state index is 13.0. The number of nitrogens with zero attached hydrogens (tertiary/aromatic N) is 6. The van der Waals surface area contributed by atoms with Crippen molar-refractivity contribution in [3.8, 4) is 0 Å². The second kappa shape index (κ2) is 11.1. The molecule has 0 aliphatic carbocycles. The SMILES string of the molecule is CN1C=C(N)N2NC(S/C=C/C3=C(C(=O)O)N4C(=O)[C@@H](NC(=O)/C(=N\OCF)c5nsc(N)n5)[C@@H]4SC3)=CC=C12. The maximum atomic E-state index is 13.0. The Kier molecular flexibility index (Phi) is 7.59. The molecular weight excluding hydrogens is 587 g/mol. The van der Waals surface area contributed by atoms with Crippen molar-refractivity contribution in [3.63, 3.8) is 0 Å². The highest BCUT2D eigenvalue weighted by molar-refractivity contribution is 8.05. The van der Waals surface area contributed by atoms with Gasteiger partial charge in [-0.2, -0.15) is 9.36 Å². The topological polar surface area (TPSA) is 205 Å². The van der Waals surface area contributed by atoms with Gasteiger partial charge in [-0.1, -0.05) is 16.9 Å². The first kappa shape index (κ1) is 27.3. The lowest BCUT2D eigenvalue weighted by Crippen LogP contribution is -2.71.